The van der Waals surface area contributed by atoms with Gasteiger partial charge in [0, 0.05) is 22.4 Å². The van der Waals surface area contributed by atoms with Crippen LogP contribution in [0, 0.1) is 0 Å². The normalized spacial score (nSPS) is 11.8. The molecule has 2 N–H and O–H groups in total. The van der Waals surface area contributed by atoms with Crippen LogP contribution in [-0.2, 0) is 6.54 Å². The molecule has 2 nitrogen and oxygen atoms in total. The van der Waals surface area contributed by atoms with Gasteiger partial charge in [-0.25, -0.2) is 4.98 Å². The van der Waals surface area contributed by atoms with Crippen molar-refractivity contribution in [2.75, 3.05) is 0 Å². The summed E-state index contributed by atoms with van der Waals surface area (Å²) in [7, 11) is 0. The quantitative estimate of drug-likeness (QED) is 0.872. The number of hydrogen-bond acceptors (Lipinski definition) is 4. The van der Waals surface area contributed by atoms with E-state index in [0.29, 0.717) is 6.54 Å². The van der Waals surface area contributed by atoms with E-state index in [1.807, 2.05) is 5.38 Å². The van der Waals surface area contributed by atoms with Crippen LogP contribution in [0.4, 0.5) is 13.2 Å². The zero-order valence-electron chi connectivity index (χ0n) is 9.07. The maximum absolute atomic E-state index is 12.2. The van der Waals surface area contributed by atoms with Crippen molar-refractivity contribution in [3.63, 3.8) is 0 Å². The molecule has 0 saturated heterocycles. The average molecular weight is 290 g/mol. The molecular weight excluding hydrogens is 281 g/mol. The Morgan fingerprint density at radius 1 is 1.22 bits per heavy atom. The number of hydrogen-bond donors (Lipinski definition) is 1. The molecule has 0 fully saturated rings. The smallest absolute Gasteiger partial charge is 0.325 e. The summed E-state index contributed by atoms with van der Waals surface area (Å²) in [5.41, 5.74) is 2.77. The fourth-order valence-electron chi connectivity index (χ4n) is 1.33. The van der Waals surface area contributed by atoms with Crippen LogP contribution < -0.4 is 5.73 Å². The van der Waals surface area contributed by atoms with Gasteiger partial charge in [0.2, 0.25) is 0 Å². The van der Waals surface area contributed by atoms with Gasteiger partial charge in [-0.3, -0.25) is 0 Å². The van der Waals surface area contributed by atoms with Gasteiger partial charge in [0.05, 0.1) is 5.69 Å². The number of thioether (sulfide) groups is 1. The van der Waals surface area contributed by atoms with Gasteiger partial charge >= 0.3 is 5.51 Å². The monoisotopic (exact) mass is 290 g/mol. The maximum atomic E-state index is 12.2. The van der Waals surface area contributed by atoms with Crippen LogP contribution in [0.5, 0.6) is 0 Å². The van der Waals surface area contributed by atoms with Crippen molar-refractivity contribution < 1.29 is 13.2 Å². The predicted octanol–water partition coefficient (Wildman–Crippen LogP) is 3.88. The molecule has 0 saturated carbocycles. The Morgan fingerprint density at radius 2 is 1.89 bits per heavy atom. The summed E-state index contributed by atoms with van der Waals surface area (Å²) < 4.78 is 36.5. The van der Waals surface area contributed by atoms with E-state index < -0.39 is 5.51 Å². The molecule has 0 amide bonds. The Hall–Kier alpha value is -1.05. The van der Waals surface area contributed by atoms with Crippen LogP contribution in [0.15, 0.2) is 34.5 Å². The molecule has 0 spiro atoms. The first-order valence-corrected chi connectivity index (χ1v) is 6.68. The van der Waals surface area contributed by atoms with E-state index in [0.717, 1.165) is 16.3 Å². The fourth-order valence-corrected chi connectivity index (χ4v) is 2.71. The third-order valence-electron chi connectivity index (χ3n) is 2.10. The second-order valence-corrected chi connectivity index (χ2v) is 5.42. The lowest BCUT2D eigenvalue weighted by Crippen LogP contribution is -1.98. The van der Waals surface area contributed by atoms with E-state index >= 15 is 0 Å². The molecule has 0 atom stereocenters. The lowest BCUT2D eigenvalue weighted by Gasteiger charge is -2.05. The van der Waals surface area contributed by atoms with Crippen LogP contribution in [0.1, 0.15) is 5.69 Å². The highest BCUT2D eigenvalue weighted by Gasteiger charge is 2.29. The summed E-state index contributed by atoms with van der Waals surface area (Å²) in [6.45, 7) is 0.360. The number of thiazole rings is 1. The maximum Gasteiger partial charge on any atom is 0.446 e. The molecule has 2 aromatic rings. The van der Waals surface area contributed by atoms with Gasteiger partial charge in [0.1, 0.15) is 5.01 Å². The molecule has 18 heavy (non-hydrogen) atoms. The van der Waals surface area contributed by atoms with E-state index in [9.17, 15) is 13.2 Å². The molecule has 0 unspecified atom stereocenters. The van der Waals surface area contributed by atoms with E-state index in [1.165, 1.54) is 23.5 Å². The average Bonchev–Trinajstić information content (AvgIpc) is 2.76. The van der Waals surface area contributed by atoms with E-state index in [4.69, 9.17) is 5.73 Å². The van der Waals surface area contributed by atoms with Crippen LogP contribution >= 0.6 is 23.1 Å². The number of aromatic nitrogens is 1. The largest absolute Gasteiger partial charge is 0.446 e. The van der Waals surface area contributed by atoms with Crippen molar-refractivity contribution in [3.8, 4) is 10.6 Å². The first-order chi connectivity index (χ1) is 8.48. The molecule has 0 aliphatic heterocycles. The first-order valence-electron chi connectivity index (χ1n) is 4.98. The zero-order chi connectivity index (χ0) is 13.2. The summed E-state index contributed by atoms with van der Waals surface area (Å²) >= 11 is 1.30. The SMILES string of the molecule is NCc1csc(-c2ccc(SC(F)(F)F)cc2)n1. The van der Waals surface area contributed by atoms with Crippen LogP contribution in [0.2, 0.25) is 0 Å². The van der Waals surface area contributed by atoms with E-state index in [1.54, 1.807) is 12.1 Å². The number of benzene rings is 1. The van der Waals surface area contributed by atoms with Crippen molar-refractivity contribution in [2.24, 2.45) is 5.73 Å². The highest BCUT2D eigenvalue weighted by molar-refractivity contribution is 8.00. The molecule has 1 aromatic carbocycles. The van der Waals surface area contributed by atoms with Crippen molar-refractivity contribution in [1.29, 1.82) is 0 Å². The van der Waals surface area contributed by atoms with Crippen LogP contribution in [-0.4, -0.2) is 10.5 Å². The number of rotatable bonds is 3. The third kappa shape index (κ3) is 3.47. The summed E-state index contributed by atoms with van der Waals surface area (Å²) in [6.07, 6.45) is 0. The molecule has 0 radical (unpaired) electrons. The highest BCUT2D eigenvalue weighted by Crippen LogP contribution is 2.37. The molecular formula is C11H9F3N2S2. The van der Waals surface area contributed by atoms with Gasteiger partial charge in [0.15, 0.2) is 0 Å². The second-order valence-electron chi connectivity index (χ2n) is 3.42. The van der Waals surface area contributed by atoms with Crippen LogP contribution in [0.25, 0.3) is 10.6 Å². The number of nitrogens with two attached hydrogens (primary N) is 1. The molecule has 0 aliphatic carbocycles. The summed E-state index contributed by atoms with van der Waals surface area (Å²) in [4.78, 5) is 4.44. The second kappa shape index (κ2) is 5.29. The molecule has 2 rings (SSSR count). The Morgan fingerprint density at radius 3 is 2.39 bits per heavy atom. The van der Waals surface area contributed by atoms with Crippen LogP contribution in [0.3, 0.4) is 0 Å². The minimum Gasteiger partial charge on any atom is -0.325 e. The Labute approximate surface area is 110 Å². The van der Waals surface area contributed by atoms with Gasteiger partial charge < -0.3 is 5.73 Å². The highest BCUT2D eigenvalue weighted by atomic mass is 32.2. The fraction of sp³-hybridized carbons (Fsp3) is 0.182. The topological polar surface area (TPSA) is 38.9 Å². The van der Waals surface area contributed by atoms with Crippen molar-refractivity contribution in [2.45, 2.75) is 16.9 Å². The zero-order valence-corrected chi connectivity index (χ0v) is 10.7. The Bertz CT molecular complexity index is 520. The summed E-state index contributed by atoms with van der Waals surface area (Å²) in [6, 6.07) is 6.15. The molecule has 1 aromatic heterocycles. The number of halogens is 3. The standard InChI is InChI=1S/C11H9F3N2S2/c12-11(13,14)18-9-3-1-7(2-4-9)10-16-8(5-15)6-17-10/h1-4,6H,5,15H2. The van der Waals surface area contributed by atoms with Gasteiger partial charge in [-0.2, -0.15) is 13.2 Å². The summed E-state index contributed by atoms with van der Waals surface area (Å²) in [5.74, 6) is 0. The van der Waals surface area contributed by atoms with Gasteiger partial charge in [0.25, 0.3) is 0 Å². The first kappa shape index (κ1) is 13.4. The Balaban J connectivity index is 2.17. The van der Waals surface area contributed by atoms with E-state index in [2.05, 4.69) is 4.98 Å². The molecule has 0 bridgehead atoms. The lowest BCUT2D eigenvalue weighted by atomic mass is 10.2. The van der Waals surface area contributed by atoms with Gasteiger partial charge in [-0.05, 0) is 23.9 Å². The van der Waals surface area contributed by atoms with Crippen molar-refractivity contribution in [1.82, 2.24) is 4.98 Å². The van der Waals surface area contributed by atoms with Crippen molar-refractivity contribution >= 4 is 23.1 Å². The number of alkyl halides is 3. The number of nitrogens with zero attached hydrogens (tertiary/aromatic N) is 1. The molecule has 7 heteroatoms. The third-order valence-corrected chi connectivity index (χ3v) is 3.78. The van der Waals surface area contributed by atoms with E-state index in [-0.39, 0.29) is 16.7 Å². The molecule has 1 heterocycles. The Kier molecular flexibility index (Phi) is 3.94. The minimum absolute atomic E-state index is 0.123. The van der Waals surface area contributed by atoms with Gasteiger partial charge in [-0.15, -0.1) is 11.3 Å². The molecule has 0 aliphatic rings. The minimum atomic E-state index is -4.25. The van der Waals surface area contributed by atoms with Gasteiger partial charge in [-0.1, -0.05) is 12.1 Å². The molecule has 96 valence electrons. The lowest BCUT2D eigenvalue weighted by molar-refractivity contribution is -0.0328. The predicted molar refractivity (Wildman–Crippen MR) is 67.4 cm³/mol. The van der Waals surface area contributed by atoms with Crippen molar-refractivity contribution in [3.05, 3.63) is 35.3 Å². The summed E-state index contributed by atoms with van der Waals surface area (Å²) in [5, 5.41) is 2.60.